The highest BCUT2D eigenvalue weighted by atomic mass is 16.2. The smallest absolute Gasteiger partial charge is 0.318 e. The molecular formula is C17H28N6O. The molecule has 1 aromatic heterocycles. The highest BCUT2D eigenvalue weighted by Gasteiger charge is 2.33. The van der Waals surface area contributed by atoms with Gasteiger partial charge in [0.25, 0.3) is 0 Å². The third-order valence-corrected chi connectivity index (χ3v) is 5.86. The van der Waals surface area contributed by atoms with Crippen LogP contribution in [0.4, 0.5) is 4.79 Å². The summed E-state index contributed by atoms with van der Waals surface area (Å²) in [4.78, 5) is 14.5. The Morgan fingerprint density at radius 3 is 2.71 bits per heavy atom. The first-order valence-electron chi connectivity index (χ1n) is 9.45. The number of rotatable bonds is 3. The number of urea groups is 1. The number of amides is 2. The molecular weight excluding hydrogens is 304 g/mol. The predicted octanol–water partition coefficient (Wildman–Crippen LogP) is 1.77. The summed E-state index contributed by atoms with van der Waals surface area (Å²) in [5, 5.41) is 15.4. The van der Waals surface area contributed by atoms with Crippen LogP contribution in [0.3, 0.4) is 0 Å². The number of carbonyl (C=O) groups excluding carboxylic acids is 1. The summed E-state index contributed by atoms with van der Waals surface area (Å²) in [6.45, 7) is 5.38. The van der Waals surface area contributed by atoms with E-state index in [0.29, 0.717) is 18.5 Å². The molecule has 7 nitrogen and oxygen atoms in total. The Kier molecular flexibility index (Phi) is 4.43. The van der Waals surface area contributed by atoms with Crippen LogP contribution < -0.4 is 10.6 Å². The molecule has 0 bridgehead atoms. The highest BCUT2D eigenvalue weighted by molar-refractivity contribution is 5.74. The molecule has 2 aliphatic heterocycles. The molecule has 4 rings (SSSR count). The molecule has 2 amide bonds. The SMILES string of the molecule is CC1c2nnc(C3CCCC3)n2CCN1C(=O)NCC1CCCN1. The zero-order valence-electron chi connectivity index (χ0n) is 14.5. The van der Waals surface area contributed by atoms with E-state index < -0.39 is 0 Å². The Balaban J connectivity index is 1.41. The zero-order valence-corrected chi connectivity index (χ0v) is 14.5. The minimum absolute atomic E-state index is 0.0158. The van der Waals surface area contributed by atoms with Gasteiger partial charge in [-0.1, -0.05) is 12.8 Å². The number of hydrogen-bond donors (Lipinski definition) is 2. The molecule has 1 saturated heterocycles. The summed E-state index contributed by atoms with van der Waals surface area (Å²) in [6, 6.07) is 0.428. The summed E-state index contributed by atoms with van der Waals surface area (Å²) in [5.74, 6) is 2.65. The van der Waals surface area contributed by atoms with Gasteiger partial charge in [0.2, 0.25) is 0 Å². The van der Waals surface area contributed by atoms with E-state index >= 15 is 0 Å². The van der Waals surface area contributed by atoms with Gasteiger partial charge in [0, 0.05) is 31.6 Å². The van der Waals surface area contributed by atoms with Crippen LogP contribution in [-0.2, 0) is 6.54 Å². The van der Waals surface area contributed by atoms with Crippen molar-refractivity contribution in [3.8, 4) is 0 Å². The summed E-state index contributed by atoms with van der Waals surface area (Å²) in [6.07, 6.45) is 7.40. The first-order valence-corrected chi connectivity index (χ1v) is 9.45. The molecule has 3 aliphatic rings. The normalized spacial score (nSPS) is 27.5. The lowest BCUT2D eigenvalue weighted by atomic mass is 10.1. The van der Waals surface area contributed by atoms with E-state index in [4.69, 9.17) is 0 Å². The molecule has 0 spiro atoms. The van der Waals surface area contributed by atoms with Crippen molar-refractivity contribution in [2.75, 3.05) is 19.6 Å². The molecule has 1 aromatic rings. The van der Waals surface area contributed by atoms with Crippen molar-refractivity contribution in [1.82, 2.24) is 30.3 Å². The average Bonchev–Trinajstić information content (AvgIpc) is 3.32. The second-order valence-electron chi connectivity index (χ2n) is 7.40. The van der Waals surface area contributed by atoms with Gasteiger partial charge in [0.1, 0.15) is 5.82 Å². The molecule has 2 N–H and O–H groups in total. The van der Waals surface area contributed by atoms with E-state index in [2.05, 4.69) is 32.3 Å². The second-order valence-corrected chi connectivity index (χ2v) is 7.40. The summed E-state index contributed by atoms with van der Waals surface area (Å²) < 4.78 is 2.27. The molecule has 7 heteroatoms. The van der Waals surface area contributed by atoms with Gasteiger partial charge in [-0.3, -0.25) is 0 Å². The quantitative estimate of drug-likeness (QED) is 0.885. The molecule has 0 aromatic carbocycles. The topological polar surface area (TPSA) is 75.1 Å². The lowest BCUT2D eigenvalue weighted by molar-refractivity contribution is 0.158. The molecule has 1 saturated carbocycles. The van der Waals surface area contributed by atoms with Gasteiger partial charge < -0.3 is 20.1 Å². The molecule has 2 fully saturated rings. The maximum atomic E-state index is 12.6. The van der Waals surface area contributed by atoms with Gasteiger partial charge in [-0.2, -0.15) is 0 Å². The van der Waals surface area contributed by atoms with Crippen molar-refractivity contribution in [3.63, 3.8) is 0 Å². The standard InChI is InChI=1S/C17H28N6O/c1-12-15-20-21-16(13-5-2-3-6-13)23(15)10-9-22(12)17(24)19-11-14-7-4-8-18-14/h12-14,18H,2-11H2,1H3,(H,19,24). The van der Waals surface area contributed by atoms with Crippen LogP contribution in [0.25, 0.3) is 0 Å². The van der Waals surface area contributed by atoms with Crippen molar-refractivity contribution in [2.24, 2.45) is 0 Å². The Bertz CT molecular complexity index is 588. The third kappa shape index (κ3) is 2.90. The molecule has 1 aliphatic carbocycles. The fourth-order valence-corrected chi connectivity index (χ4v) is 4.41. The monoisotopic (exact) mass is 332 g/mol. The van der Waals surface area contributed by atoms with Crippen molar-refractivity contribution < 1.29 is 4.79 Å². The number of carbonyl (C=O) groups is 1. The van der Waals surface area contributed by atoms with E-state index in [1.807, 2.05) is 4.90 Å². The van der Waals surface area contributed by atoms with E-state index in [-0.39, 0.29) is 12.1 Å². The Morgan fingerprint density at radius 2 is 1.96 bits per heavy atom. The van der Waals surface area contributed by atoms with Crippen molar-refractivity contribution in [2.45, 2.75) is 70.0 Å². The largest absolute Gasteiger partial charge is 0.336 e. The molecule has 0 radical (unpaired) electrons. The molecule has 132 valence electrons. The molecule has 2 unspecified atom stereocenters. The van der Waals surface area contributed by atoms with Gasteiger partial charge in [-0.25, -0.2) is 4.79 Å². The number of nitrogens with zero attached hydrogens (tertiary/aromatic N) is 4. The maximum absolute atomic E-state index is 12.6. The molecule has 24 heavy (non-hydrogen) atoms. The van der Waals surface area contributed by atoms with E-state index in [1.54, 1.807) is 0 Å². The number of fused-ring (bicyclic) bond motifs is 1. The molecule has 3 heterocycles. The number of aromatic nitrogens is 3. The van der Waals surface area contributed by atoms with E-state index in [0.717, 1.165) is 37.7 Å². The van der Waals surface area contributed by atoms with Gasteiger partial charge in [0.05, 0.1) is 6.04 Å². The van der Waals surface area contributed by atoms with Crippen molar-refractivity contribution >= 4 is 6.03 Å². The fraction of sp³-hybridized carbons (Fsp3) is 0.824. The number of hydrogen-bond acceptors (Lipinski definition) is 4. The summed E-state index contributed by atoms with van der Waals surface area (Å²) in [5.41, 5.74) is 0. The van der Waals surface area contributed by atoms with Gasteiger partial charge in [0.15, 0.2) is 5.82 Å². The van der Waals surface area contributed by atoms with Gasteiger partial charge in [-0.05, 0) is 39.2 Å². The molecule has 2 atom stereocenters. The zero-order chi connectivity index (χ0) is 16.5. The fourth-order valence-electron chi connectivity index (χ4n) is 4.41. The van der Waals surface area contributed by atoms with Crippen LogP contribution in [0.15, 0.2) is 0 Å². The van der Waals surface area contributed by atoms with Crippen LogP contribution in [-0.4, -0.2) is 51.4 Å². The second kappa shape index (κ2) is 6.70. The van der Waals surface area contributed by atoms with Crippen LogP contribution in [0.1, 0.15) is 69.1 Å². The van der Waals surface area contributed by atoms with Crippen molar-refractivity contribution in [3.05, 3.63) is 11.6 Å². The third-order valence-electron chi connectivity index (χ3n) is 5.86. The van der Waals surface area contributed by atoms with Gasteiger partial charge >= 0.3 is 6.03 Å². The maximum Gasteiger partial charge on any atom is 0.318 e. The van der Waals surface area contributed by atoms with Crippen LogP contribution in [0, 0.1) is 0 Å². The average molecular weight is 332 g/mol. The minimum atomic E-state index is -0.0158. The van der Waals surface area contributed by atoms with Crippen LogP contribution in [0.5, 0.6) is 0 Å². The Hall–Kier alpha value is -1.63. The lowest BCUT2D eigenvalue weighted by Gasteiger charge is -2.34. The Labute approximate surface area is 143 Å². The summed E-state index contributed by atoms with van der Waals surface area (Å²) in [7, 11) is 0. The van der Waals surface area contributed by atoms with Crippen LogP contribution >= 0.6 is 0 Å². The van der Waals surface area contributed by atoms with Crippen LogP contribution in [0.2, 0.25) is 0 Å². The Morgan fingerprint density at radius 1 is 1.17 bits per heavy atom. The lowest BCUT2D eigenvalue weighted by Crippen LogP contribution is -2.49. The predicted molar refractivity (Wildman–Crippen MR) is 90.8 cm³/mol. The highest BCUT2D eigenvalue weighted by Crippen LogP contribution is 2.35. The first kappa shape index (κ1) is 15.9. The van der Waals surface area contributed by atoms with E-state index in [1.165, 1.54) is 32.1 Å². The van der Waals surface area contributed by atoms with Crippen molar-refractivity contribution in [1.29, 1.82) is 0 Å². The van der Waals surface area contributed by atoms with E-state index in [9.17, 15) is 4.79 Å². The minimum Gasteiger partial charge on any atom is -0.336 e. The van der Waals surface area contributed by atoms with Gasteiger partial charge in [-0.15, -0.1) is 10.2 Å². The number of nitrogens with one attached hydrogen (secondary N) is 2. The first-order chi connectivity index (χ1) is 11.7. The summed E-state index contributed by atoms with van der Waals surface area (Å²) >= 11 is 0.